The molecule has 1 heterocycles. The number of ether oxygens (including phenoxy) is 3. The van der Waals surface area contributed by atoms with E-state index in [-0.39, 0.29) is 29.5 Å². The molecular weight excluding hydrogens is 470 g/mol. The number of nitrogens with zero attached hydrogens (tertiary/aromatic N) is 2. The third-order valence-corrected chi connectivity index (χ3v) is 6.09. The van der Waals surface area contributed by atoms with Gasteiger partial charge in [0.05, 0.1) is 43.0 Å². The van der Waals surface area contributed by atoms with Crippen LogP contribution < -0.4 is 15.6 Å². The highest BCUT2D eigenvalue weighted by molar-refractivity contribution is 7.99. The molecule has 0 atom stereocenters. The van der Waals surface area contributed by atoms with Gasteiger partial charge >= 0.3 is 0 Å². The molecule has 0 fully saturated rings. The second-order valence-corrected chi connectivity index (χ2v) is 8.44. The lowest BCUT2D eigenvalue weighted by Crippen LogP contribution is -2.28. The van der Waals surface area contributed by atoms with Crippen LogP contribution in [0.1, 0.15) is 27.6 Å². The lowest BCUT2D eigenvalue weighted by atomic mass is 10.1. The topological polar surface area (TPSA) is 109 Å². The van der Waals surface area contributed by atoms with E-state index in [1.54, 1.807) is 56.7 Å². The zero-order valence-corrected chi connectivity index (χ0v) is 20.9. The Kier molecular flexibility index (Phi) is 9.83. The highest BCUT2D eigenvalue weighted by Gasteiger charge is 2.16. The van der Waals surface area contributed by atoms with Gasteiger partial charge in [-0.05, 0) is 49.4 Å². The zero-order chi connectivity index (χ0) is 25.2. The molecule has 186 valence electrons. The molecule has 0 aliphatic heterocycles. The highest BCUT2D eigenvalue weighted by Crippen LogP contribution is 2.21. The second kappa shape index (κ2) is 13.0. The SMILES string of the molecule is CCOc1ccc(C(=O)CSc2nc3cc(C(=O)NCCOC)ccc3c(=O)n2CCOC)cc1. The Morgan fingerprint density at radius 1 is 1.03 bits per heavy atom. The lowest BCUT2D eigenvalue weighted by Gasteiger charge is -2.13. The van der Waals surface area contributed by atoms with Gasteiger partial charge in [-0.1, -0.05) is 11.8 Å². The molecule has 1 amide bonds. The molecule has 3 aromatic rings. The molecular formula is C25H29N3O6S. The number of aromatic nitrogens is 2. The fourth-order valence-corrected chi connectivity index (χ4v) is 4.24. The number of carbonyl (C=O) groups excluding carboxylic acids is 2. The first-order valence-electron chi connectivity index (χ1n) is 11.2. The van der Waals surface area contributed by atoms with Crippen LogP contribution in [0.25, 0.3) is 10.9 Å². The van der Waals surface area contributed by atoms with Gasteiger partial charge in [0, 0.05) is 31.9 Å². The maximum absolute atomic E-state index is 13.2. The molecule has 35 heavy (non-hydrogen) atoms. The second-order valence-electron chi connectivity index (χ2n) is 7.49. The van der Waals surface area contributed by atoms with Crippen LogP contribution in [0.15, 0.2) is 52.4 Å². The molecule has 0 radical (unpaired) electrons. The van der Waals surface area contributed by atoms with Crippen molar-refractivity contribution in [3.05, 3.63) is 63.9 Å². The Balaban J connectivity index is 1.86. The highest BCUT2D eigenvalue weighted by atomic mass is 32.2. The van der Waals surface area contributed by atoms with Crippen molar-refractivity contribution in [3.8, 4) is 5.75 Å². The third kappa shape index (κ3) is 6.91. The Hall–Kier alpha value is -3.21. The van der Waals surface area contributed by atoms with Crippen molar-refractivity contribution in [2.45, 2.75) is 18.6 Å². The number of methoxy groups -OCH3 is 2. The first-order valence-corrected chi connectivity index (χ1v) is 12.2. The van der Waals surface area contributed by atoms with Gasteiger partial charge in [0.15, 0.2) is 10.9 Å². The fourth-order valence-electron chi connectivity index (χ4n) is 3.32. The van der Waals surface area contributed by atoms with Crippen LogP contribution in [0.2, 0.25) is 0 Å². The number of Topliss-reactive ketones (excluding diaryl/α,β-unsaturated/α-hetero) is 1. The Labute approximate surface area is 207 Å². The van der Waals surface area contributed by atoms with Crippen LogP contribution in [0, 0.1) is 0 Å². The minimum absolute atomic E-state index is 0.0934. The maximum Gasteiger partial charge on any atom is 0.262 e. The number of ketones is 1. The normalized spacial score (nSPS) is 10.9. The van der Waals surface area contributed by atoms with Gasteiger partial charge in [0.1, 0.15) is 5.75 Å². The monoisotopic (exact) mass is 499 g/mol. The number of fused-ring (bicyclic) bond motifs is 1. The molecule has 0 unspecified atom stereocenters. The summed E-state index contributed by atoms with van der Waals surface area (Å²) in [5.74, 6) is 0.408. The van der Waals surface area contributed by atoms with Gasteiger partial charge < -0.3 is 19.5 Å². The third-order valence-electron chi connectivity index (χ3n) is 5.11. The van der Waals surface area contributed by atoms with Crippen molar-refractivity contribution < 1.29 is 23.8 Å². The van der Waals surface area contributed by atoms with E-state index in [2.05, 4.69) is 10.3 Å². The molecule has 1 N–H and O–H groups in total. The van der Waals surface area contributed by atoms with Crippen LogP contribution in [-0.2, 0) is 16.0 Å². The van der Waals surface area contributed by atoms with Crippen molar-refractivity contribution in [2.75, 3.05) is 46.3 Å². The van der Waals surface area contributed by atoms with Gasteiger partial charge in [0.25, 0.3) is 11.5 Å². The number of carbonyl (C=O) groups is 2. The number of amides is 1. The van der Waals surface area contributed by atoms with E-state index < -0.39 is 0 Å². The molecule has 0 saturated carbocycles. The van der Waals surface area contributed by atoms with Crippen LogP contribution >= 0.6 is 11.8 Å². The number of hydrogen-bond donors (Lipinski definition) is 1. The van der Waals surface area contributed by atoms with Crippen molar-refractivity contribution in [3.63, 3.8) is 0 Å². The summed E-state index contributed by atoms with van der Waals surface area (Å²) in [6, 6.07) is 11.7. The minimum Gasteiger partial charge on any atom is -0.494 e. The Morgan fingerprint density at radius 3 is 2.43 bits per heavy atom. The van der Waals surface area contributed by atoms with E-state index in [0.29, 0.717) is 59.3 Å². The largest absolute Gasteiger partial charge is 0.494 e. The number of benzene rings is 2. The summed E-state index contributed by atoms with van der Waals surface area (Å²) in [5.41, 5.74) is 1.06. The van der Waals surface area contributed by atoms with E-state index in [0.717, 1.165) is 0 Å². The molecule has 2 aromatic carbocycles. The predicted octanol–water partition coefficient (Wildman–Crippen LogP) is 2.79. The van der Waals surface area contributed by atoms with Gasteiger partial charge in [-0.3, -0.25) is 19.0 Å². The number of hydrogen-bond acceptors (Lipinski definition) is 8. The Morgan fingerprint density at radius 2 is 1.74 bits per heavy atom. The fraction of sp³-hybridized carbons (Fsp3) is 0.360. The summed E-state index contributed by atoms with van der Waals surface area (Å²) in [4.78, 5) is 43.0. The van der Waals surface area contributed by atoms with E-state index in [4.69, 9.17) is 14.2 Å². The van der Waals surface area contributed by atoms with Crippen LogP contribution in [0.3, 0.4) is 0 Å². The number of nitrogens with one attached hydrogen (secondary N) is 1. The molecule has 0 saturated heterocycles. The quantitative estimate of drug-likeness (QED) is 0.166. The van der Waals surface area contributed by atoms with Gasteiger partial charge in [-0.15, -0.1) is 0 Å². The first-order chi connectivity index (χ1) is 17.0. The summed E-state index contributed by atoms with van der Waals surface area (Å²) in [5, 5.41) is 3.52. The standard InChI is InChI=1S/C25H29N3O6S/c1-4-34-19-8-5-17(6-9-19)22(29)16-35-25-27-21-15-18(23(30)26-11-13-32-2)7-10-20(21)24(31)28(25)12-14-33-3/h5-10,15H,4,11-14,16H2,1-3H3,(H,26,30). The number of rotatable bonds is 13. The molecule has 0 bridgehead atoms. The van der Waals surface area contributed by atoms with Gasteiger partial charge in [0.2, 0.25) is 0 Å². The van der Waals surface area contributed by atoms with E-state index in [1.165, 1.54) is 16.3 Å². The molecule has 0 aliphatic carbocycles. The van der Waals surface area contributed by atoms with Crippen molar-refractivity contribution in [1.29, 1.82) is 0 Å². The molecule has 3 rings (SSSR count). The molecule has 9 nitrogen and oxygen atoms in total. The summed E-state index contributed by atoms with van der Waals surface area (Å²) in [6.07, 6.45) is 0. The summed E-state index contributed by atoms with van der Waals surface area (Å²) in [6.45, 7) is 3.81. The summed E-state index contributed by atoms with van der Waals surface area (Å²) < 4.78 is 17.0. The first kappa shape index (κ1) is 26.4. The van der Waals surface area contributed by atoms with E-state index in [1.807, 2.05) is 6.92 Å². The predicted molar refractivity (Wildman–Crippen MR) is 135 cm³/mol. The van der Waals surface area contributed by atoms with Crippen molar-refractivity contribution in [2.24, 2.45) is 0 Å². The van der Waals surface area contributed by atoms with E-state index in [9.17, 15) is 14.4 Å². The van der Waals surface area contributed by atoms with Crippen LogP contribution in [-0.4, -0.2) is 67.6 Å². The Bertz CT molecular complexity index is 1230. The minimum atomic E-state index is -0.283. The number of thioether (sulfide) groups is 1. The molecule has 10 heteroatoms. The lowest BCUT2D eigenvalue weighted by molar-refractivity contribution is 0.0936. The molecule has 0 spiro atoms. The molecule has 0 aliphatic rings. The zero-order valence-electron chi connectivity index (χ0n) is 20.0. The van der Waals surface area contributed by atoms with Gasteiger partial charge in [-0.2, -0.15) is 0 Å². The van der Waals surface area contributed by atoms with Crippen molar-refractivity contribution >= 4 is 34.4 Å². The maximum atomic E-state index is 13.2. The van der Waals surface area contributed by atoms with E-state index >= 15 is 0 Å². The van der Waals surface area contributed by atoms with Crippen LogP contribution in [0.4, 0.5) is 0 Å². The summed E-state index contributed by atoms with van der Waals surface area (Å²) in [7, 11) is 3.11. The average Bonchev–Trinajstić information content (AvgIpc) is 2.87. The molecule has 1 aromatic heterocycles. The summed E-state index contributed by atoms with van der Waals surface area (Å²) >= 11 is 1.17. The van der Waals surface area contributed by atoms with Crippen molar-refractivity contribution in [1.82, 2.24) is 14.9 Å². The smallest absolute Gasteiger partial charge is 0.262 e. The van der Waals surface area contributed by atoms with Crippen LogP contribution in [0.5, 0.6) is 5.75 Å². The average molecular weight is 500 g/mol. The van der Waals surface area contributed by atoms with Gasteiger partial charge in [-0.25, -0.2) is 4.98 Å².